The topological polar surface area (TPSA) is 90.3 Å². The van der Waals surface area contributed by atoms with Crippen molar-refractivity contribution in [2.45, 2.75) is 45.2 Å². The number of carbonyl (C=O) groups excluding carboxylic acids is 2. The molecule has 1 amide bonds. The molecule has 1 aliphatic heterocycles. The number of benzene rings is 1. The monoisotopic (exact) mass is 389 g/mol. The molecule has 4 atom stereocenters. The Bertz CT molecular complexity index is 869. The summed E-state index contributed by atoms with van der Waals surface area (Å²) in [5, 5.41) is 2.57. The molecule has 150 valence electrons. The van der Waals surface area contributed by atoms with Gasteiger partial charge in [0.25, 0.3) is 5.91 Å². The highest BCUT2D eigenvalue weighted by molar-refractivity contribution is 6.03. The number of hydrogen-bond acceptors (Lipinski definition) is 5. The smallest absolute Gasteiger partial charge is 0.351 e. The minimum absolute atomic E-state index is 0.110. The molecule has 2 heterocycles. The number of anilines is 1. The van der Waals surface area contributed by atoms with E-state index in [1.807, 2.05) is 13.7 Å². The van der Waals surface area contributed by atoms with Gasteiger partial charge in [-0.2, -0.15) is 4.98 Å². The van der Waals surface area contributed by atoms with Crippen molar-refractivity contribution in [3.8, 4) is 0 Å². The van der Waals surface area contributed by atoms with E-state index >= 15 is 4.39 Å². The highest BCUT2D eigenvalue weighted by atomic mass is 19.1. The van der Waals surface area contributed by atoms with E-state index in [2.05, 4.69) is 10.3 Å². The highest BCUT2D eigenvalue weighted by Gasteiger charge is 2.52. The molecule has 1 aromatic carbocycles. The first-order valence-electron chi connectivity index (χ1n) is 8.93. The Morgan fingerprint density at radius 2 is 1.96 bits per heavy atom. The summed E-state index contributed by atoms with van der Waals surface area (Å²) in [7, 11) is 0. The second-order valence-electron chi connectivity index (χ2n) is 6.70. The first-order valence-corrected chi connectivity index (χ1v) is 8.93. The van der Waals surface area contributed by atoms with E-state index in [0.29, 0.717) is 12.0 Å². The SMILES string of the molecule is C=O.CC[C@H]1O[C@@H](n2ccc(NC(=O)c3ccccc3)nc2=O)[C@](C)(F)[C@@H]1C. The number of nitrogens with one attached hydrogen (secondary N) is 1. The molecule has 1 aliphatic rings. The molecule has 1 N–H and O–H groups in total. The van der Waals surface area contributed by atoms with Crippen molar-refractivity contribution in [1.82, 2.24) is 9.55 Å². The van der Waals surface area contributed by atoms with Gasteiger partial charge in [-0.25, -0.2) is 9.18 Å². The molecule has 3 rings (SSSR count). The molecule has 1 aromatic heterocycles. The van der Waals surface area contributed by atoms with Gasteiger partial charge < -0.3 is 14.8 Å². The zero-order valence-corrected chi connectivity index (χ0v) is 16.1. The summed E-state index contributed by atoms with van der Waals surface area (Å²) in [5.41, 5.74) is -1.91. The lowest BCUT2D eigenvalue weighted by Gasteiger charge is -2.25. The Kier molecular flexibility index (Phi) is 6.80. The standard InChI is InChI=1S/C19H22FN3O3.CH2O/c1-4-14-12(2)19(3,20)17(26-14)23-11-10-15(22-18(23)25)21-16(24)13-8-6-5-7-9-13;1-2/h5-12,14,17H,4H2,1-3H3,(H,21,22,24,25);1H2/t12-,14-,17-,19-;/m1./s1. The molecule has 0 aliphatic carbocycles. The number of aromatic nitrogens is 2. The van der Waals surface area contributed by atoms with Crippen LogP contribution in [-0.2, 0) is 9.53 Å². The van der Waals surface area contributed by atoms with E-state index in [0.717, 1.165) is 4.57 Å². The Morgan fingerprint density at radius 3 is 2.50 bits per heavy atom. The summed E-state index contributed by atoms with van der Waals surface area (Å²) in [4.78, 5) is 36.4. The fourth-order valence-electron chi connectivity index (χ4n) is 3.23. The number of rotatable bonds is 4. The molecule has 0 radical (unpaired) electrons. The van der Waals surface area contributed by atoms with Crippen molar-refractivity contribution in [2.24, 2.45) is 5.92 Å². The molecule has 1 saturated heterocycles. The second kappa shape index (κ2) is 8.88. The number of halogens is 1. The molecule has 0 spiro atoms. The quantitative estimate of drug-likeness (QED) is 0.868. The van der Waals surface area contributed by atoms with Crippen LogP contribution in [0.4, 0.5) is 10.2 Å². The third-order valence-corrected chi connectivity index (χ3v) is 5.00. The van der Waals surface area contributed by atoms with Crippen molar-refractivity contribution in [3.63, 3.8) is 0 Å². The molecule has 28 heavy (non-hydrogen) atoms. The van der Waals surface area contributed by atoms with Crippen molar-refractivity contribution in [1.29, 1.82) is 0 Å². The van der Waals surface area contributed by atoms with Crippen LogP contribution in [0, 0.1) is 5.92 Å². The third kappa shape index (κ3) is 4.17. The van der Waals surface area contributed by atoms with Gasteiger partial charge >= 0.3 is 5.69 Å². The minimum Gasteiger partial charge on any atom is -0.351 e. The van der Waals surface area contributed by atoms with E-state index in [1.54, 1.807) is 37.3 Å². The molecule has 7 nitrogen and oxygen atoms in total. The number of hydrogen-bond donors (Lipinski definition) is 1. The first-order chi connectivity index (χ1) is 13.3. The summed E-state index contributed by atoms with van der Waals surface area (Å²) in [6.45, 7) is 7.14. The Morgan fingerprint density at radius 1 is 1.32 bits per heavy atom. The number of carbonyl (C=O) groups is 2. The van der Waals surface area contributed by atoms with E-state index in [1.165, 1.54) is 19.2 Å². The van der Waals surface area contributed by atoms with Crippen molar-refractivity contribution in [2.75, 3.05) is 5.32 Å². The van der Waals surface area contributed by atoms with Gasteiger partial charge in [0.05, 0.1) is 6.10 Å². The first kappa shape index (κ1) is 21.4. The van der Waals surface area contributed by atoms with Crippen LogP contribution in [0.5, 0.6) is 0 Å². The summed E-state index contributed by atoms with van der Waals surface area (Å²) in [5.74, 6) is -0.608. The summed E-state index contributed by atoms with van der Waals surface area (Å²) in [6, 6.07) is 10.1. The van der Waals surface area contributed by atoms with Crippen molar-refractivity contribution < 1.29 is 18.7 Å². The summed E-state index contributed by atoms with van der Waals surface area (Å²) >= 11 is 0. The number of alkyl halides is 1. The lowest BCUT2D eigenvalue weighted by molar-refractivity contribution is -0.0980. The lowest BCUT2D eigenvalue weighted by Crippen LogP contribution is -2.38. The third-order valence-electron chi connectivity index (χ3n) is 5.00. The van der Waals surface area contributed by atoms with Crippen LogP contribution in [0.3, 0.4) is 0 Å². The maximum absolute atomic E-state index is 15.1. The van der Waals surface area contributed by atoms with Gasteiger partial charge in [0.2, 0.25) is 0 Å². The second-order valence-corrected chi connectivity index (χ2v) is 6.70. The molecular weight excluding hydrogens is 365 g/mol. The predicted molar refractivity (Wildman–Crippen MR) is 103 cm³/mol. The maximum Gasteiger partial charge on any atom is 0.351 e. The minimum atomic E-state index is -1.69. The van der Waals surface area contributed by atoms with E-state index in [9.17, 15) is 9.59 Å². The Hall–Kier alpha value is -2.87. The van der Waals surface area contributed by atoms with E-state index in [-0.39, 0.29) is 23.7 Å². The average Bonchev–Trinajstić information content (AvgIpc) is 2.93. The molecule has 2 aromatic rings. The normalized spacial score (nSPS) is 26.2. The zero-order valence-electron chi connectivity index (χ0n) is 16.1. The van der Waals surface area contributed by atoms with Crippen LogP contribution in [0.25, 0.3) is 0 Å². The van der Waals surface area contributed by atoms with Crippen LogP contribution >= 0.6 is 0 Å². The van der Waals surface area contributed by atoms with E-state index < -0.39 is 17.6 Å². The Labute approximate surface area is 162 Å². The molecule has 1 fully saturated rings. The lowest BCUT2D eigenvalue weighted by atomic mass is 9.88. The van der Waals surface area contributed by atoms with Crippen molar-refractivity contribution >= 4 is 18.5 Å². The zero-order chi connectivity index (χ0) is 20.9. The average molecular weight is 389 g/mol. The van der Waals surface area contributed by atoms with Crippen LogP contribution in [0.15, 0.2) is 47.4 Å². The van der Waals surface area contributed by atoms with Gasteiger partial charge in [0, 0.05) is 17.7 Å². The van der Waals surface area contributed by atoms with Gasteiger partial charge in [-0.3, -0.25) is 9.36 Å². The van der Waals surface area contributed by atoms with Crippen molar-refractivity contribution in [3.05, 3.63) is 58.6 Å². The van der Waals surface area contributed by atoms with Gasteiger partial charge in [-0.1, -0.05) is 32.0 Å². The fourth-order valence-corrected chi connectivity index (χ4v) is 3.23. The number of ether oxygens (including phenoxy) is 1. The fraction of sp³-hybridized carbons (Fsp3) is 0.400. The molecule has 0 unspecified atom stereocenters. The Balaban J connectivity index is 0.00000136. The van der Waals surface area contributed by atoms with Crippen LogP contribution in [0.1, 0.15) is 43.8 Å². The molecular formula is C20H24FN3O4. The molecule has 0 saturated carbocycles. The van der Waals surface area contributed by atoms with Crippen LogP contribution in [0.2, 0.25) is 0 Å². The summed E-state index contributed by atoms with van der Waals surface area (Å²) in [6.07, 6.45) is 0.758. The predicted octanol–water partition coefficient (Wildman–Crippen LogP) is 2.98. The number of nitrogens with zero attached hydrogens (tertiary/aromatic N) is 2. The maximum atomic E-state index is 15.1. The number of amides is 1. The van der Waals surface area contributed by atoms with Gasteiger partial charge in [0.1, 0.15) is 12.6 Å². The summed E-state index contributed by atoms with van der Waals surface area (Å²) < 4.78 is 22.0. The highest BCUT2D eigenvalue weighted by Crippen LogP contribution is 2.45. The van der Waals surface area contributed by atoms with Crippen LogP contribution in [-0.4, -0.2) is 34.0 Å². The van der Waals surface area contributed by atoms with Gasteiger partial charge in [0.15, 0.2) is 11.9 Å². The van der Waals surface area contributed by atoms with E-state index in [4.69, 9.17) is 9.53 Å². The molecule has 0 bridgehead atoms. The molecule has 8 heteroatoms. The van der Waals surface area contributed by atoms with Crippen LogP contribution < -0.4 is 11.0 Å². The van der Waals surface area contributed by atoms with Gasteiger partial charge in [-0.05, 0) is 31.5 Å². The van der Waals surface area contributed by atoms with Gasteiger partial charge in [-0.15, -0.1) is 0 Å². The largest absolute Gasteiger partial charge is 0.351 e.